The largest absolute Gasteiger partial charge is 0.397 e. The molecule has 0 fully saturated rings. The molecule has 4 N–H and O–H groups in total. The Morgan fingerprint density at radius 2 is 1.95 bits per heavy atom. The SMILES string of the molecule is CCNC(=O)CNC(=O)c1ccc(N(C)C)c(N)c1. The highest BCUT2D eigenvalue weighted by atomic mass is 16.2. The molecule has 0 aliphatic carbocycles. The third-order valence-corrected chi connectivity index (χ3v) is 2.55. The maximum atomic E-state index is 11.8. The van der Waals surface area contributed by atoms with E-state index in [2.05, 4.69) is 10.6 Å². The molecule has 0 radical (unpaired) electrons. The van der Waals surface area contributed by atoms with Crippen LogP contribution >= 0.6 is 0 Å². The fraction of sp³-hybridized carbons (Fsp3) is 0.385. The number of nitrogens with zero attached hydrogens (tertiary/aromatic N) is 1. The lowest BCUT2D eigenvalue weighted by Crippen LogP contribution is -2.36. The summed E-state index contributed by atoms with van der Waals surface area (Å²) in [6, 6.07) is 5.05. The number of nitrogens with two attached hydrogens (primary N) is 1. The molecular formula is C13H20N4O2. The van der Waals surface area contributed by atoms with Crippen LogP contribution in [-0.4, -0.2) is 39.0 Å². The Labute approximate surface area is 113 Å². The van der Waals surface area contributed by atoms with E-state index < -0.39 is 0 Å². The van der Waals surface area contributed by atoms with E-state index in [9.17, 15) is 9.59 Å². The van der Waals surface area contributed by atoms with Crippen LogP contribution in [0.25, 0.3) is 0 Å². The Morgan fingerprint density at radius 1 is 1.26 bits per heavy atom. The number of rotatable bonds is 5. The summed E-state index contributed by atoms with van der Waals surface area (Å²) in [5.74, 6) is -0.531. The second kappa shape index (κ2) is 6.63. The maximum absolute atomic E-state index is 11.8. The van der Waals surface area contributed by atoms with Crippen molar-refractivity contribution in [3.05, 3.63) is 23.8 Å². The summed E-state index contributed by atoms with van der Waals surface area (Å²) >= 11 is 0. The van der Waals surface area contributed by atoms with Crippen molar-refractivity contribution in [3.8, 4) is 0 Å². The maximum Gasteiger partial charge on any atom is 0.251 e. The van der Waals surface area contributed by atoms with Crippen LogP contribution in [0.2, 0.25) is 0 Å². The van der Waals surface area contributed by atoms with Crippen LogP contribution in [0.3, 0.4) is 0 Å². The van der Waals surface area contributed by atoms with Crippen LogP contribution in [0, 0.1) is 0 Å². The van der Waals surface area contributed by atoms with Gasteiger partial charge >= 0.3 is 0 Å². The van der Waals surface area contributed by atoms with Crippen LogP contribution in [0.4, 0.5) is 11.4 Å². The lowest BCUT2D eigenvalue weighted by molar-refractivity contribution is -0.120. The Morgan fingerprint density at radius 3 is 2.47 bits per heavy atom. The number of nitrogens with one attached hydrogen (secondary N) is 2. The predicted octanol–water partition coefficient (Wildman–Crippen LogP) is 0.201. The average molecular weight is 264 g/mol. The number of amides is 2. The first kappa shape index (κ1) is 14.8. The van der Waals surface area contributed by atoms with E-state index in [1.807, 2.05) is 25.9 Å². The molecule has 1 aromatic carbocycles. The van der Waals surface area contributed by atoms with Crippen LogP contribution in [0.15, 0.2) is 18.2 Å². The van der Waals surface area contributed by atoms with Gasteiger partial charge in [0.1, 0.15) is 0 Å². The van der Waals surface area contributed by atoms with Crippen molar-refractivity contribution < 1.29 is 9.59 Å². The van der Waals surface area contributed by atoms with E-state index in [0.717, 1.165) is 5.69 Å². The highest BCUT2D eigenvalue weighted by Crippen LogP contribution is 2.22. The van der Waals surface area contributed by atoms with Gasteiger partial charge in [0.25, 0.3) is 5.91 Å². The first-order chi connectivity index (χ1) is 8.95. The molecule has 0 heterocycles. The number of nitrogen functional groups attached to an aromatic ring is 1. The number of likely N-dealkylation sites (N-methyl/N-ethyl adjacent to an activating group) is 1. The molecule has 6 nitrogen and oxygen atoms in total. The van der Waals surface area contributed by atoms with E-state index >= 15 is 0 Å². The smallest absolute Gasteiger partial charge is 0.251 e. The van der Waals surface area contributed by atoms with Crippen molar-refractivity contribution in [1.82, 2.24) is 10.6 Å². The lowest BCUT2D eigenvalue weighted by Gasteiger charge is -2.15. The van der Waals surface area contributed by atoms with Crippen LogP contribution < -0.4 is 21.3 Å². The molecule has 0 unspecified atom stereocenters. The van der Waals surface area contributed by atoms with E-state index in [1.54, 1.807) is 18.2 Å². The molecule has 104 valence electrons. The minimum atomic E-state index is -0.316. The van der Waals surface area contributed by atoms with E-state index in [1.165, 1.54) is 0 Å². The molecule has 0 atom stereocenters. The normalized spacial score (nSPS) is 9.84. The minimum absolute atomic E-state index is 0.0397. The van der Waals surface area contributed by atoms with Gasteiger partial charge in [0.05, 0.1) is 17.9 Å². The number of carbonyl (C=O) groups is 2. The fourth-order valence-corrected chi connectivity index (χ4v) is 1.63. The molecule has 0 saturated carbocycles. The van der Waals surface area contributed by atoms with Gasteiger partial charge in [-0.25, -0.2) is 0 Å². The number of benzene rings is 1. The Hall–Kier alpha value is -2.24. The second-order valence-electron chi connectivity index (χ2n) is 4.30. The zero-order chi connectivity index (χ0) is 14.4. The molecular weight excluding hydrogens is 244 g/mol. The first-order valence-electron chi connectivity index (χ1n) is 6.07. The molecule has 0 aliphatic heterocycles. The van der Waals surface area contributed by atoms with Gasteiger partial charge in [0.15, 0.2) is 0 Å². The molecule has 1 rings (SSSR count). The van der Waals surface area contributed by atoms with Crippen LogP contribution in [0.1, 0.15) is 17.3 Å². The predicted molar refractivity (Wildman–Crippen MR) is 76.2 cm³/mol. The van der Waals surface area contributed by atoms with Gasteiger partial charge in [0, 0.05) is 26.2 Å². The number of hydrogen-bond acceptors (Lipinski definition) is 4. The second-order valence-corrected chi connectivity index (χ2v) is 4.30. The first-order valence-corrected chi connectivity index (χ1v) is 6.07. The highest BCUT2D eigenvalue weighted by Gasteiger charge is 2.10. The van der Waals surface area contributed by atoms with Crippen molar-refractivity contribution in [2.24, 2.45) is 0 Å². The van der Waals surface area contributed by atoms with Crippen molar-refractivity contribution >= 4 is 23.2 Å². The summed E-state index contributed by atoms with van der Waals surface area (Å²) < 4.78 is 0. The number of anilines is 2. The Balaban J connectivity index is 2.68. The molecule has 0 bridgehead atoms. The van der Waals surface area contributed by atoms with E-state index in [0.29, 0.717) is 17.8 Å². The van der Waals surface area contributed by atoms with Gasteiger partial charge in [-0.3, -0.25) is 9.59 Å². The fourth-order valence-electron chi connectivity index (χ4n) is 1.63. The summed E-state index contributed by atoms with van der Waals surface area (Å²) in [5.41, 5.74) is 7.67. The molecule has 19 heavy (non-hydrogen) atoms. The quantitative estimate of drug-likeness (QED) is 0.663. The van der Waals surface area contributed by atoms with Gasteiger partial charge in [-0.1, -0.05) is 0 Å². The van der Waals surface area contributed by atoms with Crippen molar-refractivity contribution in [3.63, 3.8) is 0 Å². The summed E-state index contributed by atoms with van der Waals surface area (Å²) in [5, 5.41) is 5.14. The zero-order valence-electron chi connectivity index (χ0n) is 11.5. The molecule has 0 aromatic heterocycles. The summed E-state index contributed by atoms with van der Waals surface area (Å²) in [4.78, 5) is 24.9. The highest BCUT2D eigenvalue weighted by molar-refractivity contribution is 5.98. The topological polar surface area (TPSA) is 87.5 Å². The van der Waals surface area contributed by atoms with Gasteiger partial charge in [-0.15, -0.1) is 0 Å². The van der Waals surface area contributed by atoms with Gasteiger partial charge in [-0.05, 0) is 25.1 Å². The Kier molecular flexibility index (Phi) is 5.17. The summed E-state index contributed by atoms with van der Waals surface area (Å²) in [7, 11) is 3.75. The molecule has 0 saturated heterocycles. The van der Waals surface area contributed by atoms with Gasteiger partial charge in [0.2, 0.25) is 5.91 Å². The van der Waals surface area contributed by atoms with Gasteiger partial charge in [-0.2, -0.15) is 0 Å². The third kappa shape index (κ3) is 4.17. The molecule has 0 aliphatic rings. The van der Waals surface area contributed by atoms with Crippen molar-refractivity contribution in [1.29, 1.82) is 0 Å². The van der Waals surface area contributed by atoms with Crippen LogP contribution in [-0.2, 0) is 4.79 Å². The monoisotopic (exact) mass is 264 g/mol. The van der Waals surface area contributed by atoms with Crippen molar-refractivity contribution in [2.75, 3.05) is 37.8 Å². The number of carbonyl (C=O) groups excluding carboxylic acids is 2. The molecule has 1 aromatic rings. The van der Waals surface area contributed by atoms with Gasteiger partial charge < -0.3 is 21.3 Å². The summed E-state index contributed by atoms with van der Waals surface area (Å²) in [6.07, 6.45) is 0. The zero-order valence-corrected chi connectivity index (χ0v) is 11.5. The lowest BCUT2D eigenvalue weighted by atomic mass is 10.1. The molecule has 0 spiro atoms. The van der Waals surface area contributed by atoms with E-state index in [-0.39, 0.29) is 18.4 Å². The van der Waals surface area contributed by atoms with E-state index in [4.69, 9.17) is 5.73 Å². The standard InChI is InChI=1S/C13H20N4O2/c1-4-15-12(18)8-16-13(19)9-5-6-11(17(2)3)10(14)7-9/h5-7H,4,8,14H2,1-3H3,(H,15,18)(H,16,19). The third-order valence-electron chi connectivity index (χ3n) is 2.55. The molecule has 6 heteroatoms. The average Bonchev–Trinajstić information content (AvgIpc) is 2.35. The Bertz CT molecular complexity index is 472. The van der Waals surface area contributed by atoms with Crippen LogP contribution in [0.5, 0.6) is 0 Å². The molecule has 2 amide bonds. The summed E-state index contributed by atoms with van der Waals surface area (Å²) in [6.45, 7) is 2.32. The minimum Gasteiger partial charge on any atom is -0.397 e. The van der Waals surface area contributed by atoms with Crippen molar-refractivity contribution in [2.45, 2.75) is 6.92 Å². The number of hydrogen-bond donors (Lipinski definition) is 3.